The van der Waals surface area contributed by atoms with Crippen molar-refractivity contribution in [2.75, 3.05) is 37.0 Å². The second-order valence-corrected chi connectivity index (χ2v) is 5.21. The molecule has 0 saturated carbocycles. The first-order valence-corrected chi connectivity index (χ1v) is 7.17. The van der Waals surface area contributed by atoms with E-state index in [1.165, 1.54) is 0 Å². The summed E-state index contributed by atoms with van der Waals surface area (Å²) in [5.41, 5.74) is 7.65. The van der Waals surface area contributed by atoms with E-state index in [-0.39, 0.29) is 18.8 Å². The van der Waals surface area contributed by atoms with E-state index in [4.69, 9.17) is 15.2 Å². The highest BCUT2D eigenvalue weighted by atomic mass is 16.5. The van der Waals surface area contributed by atoms with Gasteiger partial charge < -0.3 is 25.2 Å². The van der Waals surface area contributed by atoms with Crippen molar-refractivity contribution < 1.29 is 14.6 Å². The first-order valence-electron chi connectivity index (χ1n) is 7.17. The summed E-state index contributed by atoms with van der Waals surface area (Å²) in [7, 11) is 0. The molecule has 1 aliphatic heterocycles. The highest BCUT2D eigenvalue weighted by molar-refractivity contribution is 5.62. The van der Waals surface area contributed by atoms with Crippen LogP contribution in [0.15, 0.2) is 18.2 Å². The van der Waals surface area contributed by atoms with Gasteiger partial charge in [0.05, 0.1) is 31.6 Å². The SMILES string of the molecule is CCCOc1cc(N2CC(CO)OCC2C)ccc1N. The number of hydrogen-bond donors (Lipinski definition) is 2. The zero-order chi connectivity index (χ0) is 14.5. The van der Waals surface area contributed by atoms with Crippen LogP contribution in [0.1, 0.15) is 20.3 Å². The zero-order valence-corrected chi connectivity index (χ0v) is 12.2. The van der Waals surface area contributed by atoms with Gasteiger partial charge in [-0.05, 0) is 25.5 Å². The molecule has 20 heavy (non-hydrogen) atoms. The highest BCUT2D eigenvalue weighted by Crippen LogP contribution is 2.30. The first kappa shape index (κ1) is 14.9. The number of nitrogens with zero attached hydrogens (tertiary/aromatic N) is 1. The van der Waals surface area contributed by atoms with E-state index in [1.54, 1.807) is 0 Å². The van der Waals surface area contributed by atoms with Crippen molar-refractivity contribution in [2.45, 2.75) is 32.4 Å². The molecule has 2 atom stereocenters. The van der Waals surface area contributed by atoms with Gasteiger partial charge in [-0.1, -0.05) is 6.92 Å². The molecule has 1 fully saturated rings. The summed E-state index contributed by atoms with van der Waals surface area (Å²) < 4.78 is 11.2. The predicted octanol–water partition coefficient (Wildman–Crippen LogP) is 1.64. The van der Waals surface area contributed by atoms with Gasteiger partial charge in [-0.3, -0.25) is 0 Å². The first-order chi connectivity index (χ1) is 9.65. The van der Waals surface area contributed by atoms with E-state index in [0.717, 1.165) is 17.9 Å². The molecule has 1 aliphatic rings. The Labute approximate surface area is 120 Å². The summed E-state index contributed by atoms with van der Waals surface area (Å²) in [5.74, 6) is 0.726. The highest BCUT2D eigenvalue weighted by Gasteiger charge is 2.26. The molecule has 0 spiro atoms. The minimum Gasteiger partial charge on any atom is -0.491 e. The van der Waals surface area contributed by atoms with Gasteiger partial charge in [0.1, 0.15) is 5.75 Å². The minimum absolute atomic E-state index is 0.0391. The zero-order valence-electron chi connectivity index (χ0n) is 12.2. The van der Waals surface area contributed by atoms with Crippen molar-refractivity contribution in [2.24, 2.45) is 0 Å². The fourth-order valence-electron chi connectivity index (χ4n) is 2.33. The Hall–Kier alpha value is -1.46. The normalized spacial score (nSPS) is 22.9. The molecule has 0 amide bonds. The third-order valence-corrected chi connectivity index (χ3v) is 3.50. The molecule has 0 aromatic heterocycles. The summed E-state index contributed by atoms with van der Waals surface area (Å²) in [6.45, 7) is 6.16. The lowest BCUT2D eigenvalue weighted by atomic mass is 10.1. The van der Waals surface area contributed by atoms with Crippen LogP contribution in [0, 0.1) is 0 Å². The number of anilines is 2. The van der Waals surface area contributed by atoms with E-state index >= 15 is 0 Å². The minimum atomic E-state index is -0.135. The maximum atomic E-state index is 9.26. The van der Waals surface area contributed by atoms with E-state index in [1.807, 2.05) is 18.2 Å². The average molecular weight is 280 g/mol. The third-order valence-electron chi connectivity index (χ3n) is 3.50. The molecule has 2 unspecified atom stereocenters. The van der Waals surface area contributed by atoms with Crippen molar-refractivity contribution in [3.05, 3.63) is 18.2 Å². The van der Waals surface area contributed by atoms with Gasteiger partial charge in [-0.2, -0.15) is 0 Å². The Morgan fingerprint density at radius 1 is 1.50 bits per heavy atom. The monoisotopic (exact) mass is 280 g/mol. The summed E-state index contributed by atoms with van der Waals surface area (Å²) in [5, 5.41) is 9.26. The number of nitrogen functional groups attached to an aromatic ring is 1. The van der Waals surface area contributed by atoms with E-state index in [2.05, 4.69) is 18.7 Å². The molecule has 1 aromatic carbocycles. The Morgan fingerprint density at radius 2 is 2.30 bits per heavy atom. The number of nitrogens with two attached hydrogens (primary N) is 1. The number of benzene rings is 1. The van der Waals surface area contributed by atoms with Gasteiger partial charge in [-0.25, -0.2) is 0 Å². The van der Waals surface area contributed by atoms with Crippen molar-refractivity contribution in [3.63, 3.8) is 0 Å². The van der Waals surface area contributed by atoms with E-state index < -0.39 is 0 Å². The van der Waals surface area contributed by atoms with Crippen LogP contribution in [0.25, 0.3) is 0 Å². The van der Waals surface area contributed by atoms with Gasteiger partial charge in [0.25, 0.3) is 0 Å². The number of aliphatic hydroxyl groups is 1. The molecule has 5 heteroatoms. The molecule has 1 aromatic rings. The van der Waals surface area contributed by atoms with Gasteiger partial charge in [0.15, 0.2) is 0 Å². The summed E-state index contributed by atoms with van der Waals surface area (Å²) in [4.78, 5) is 2.22. The van der Waals surface area contributed by atoms with Crippen LogP contribution in [0.5, 0.6) is 5.75 Å². The second kappa shape index (κ2) is 6.81. The standard InChI is InChI=1S/C15H24N2O3/c1-3-6-19-15-7-12(4-5-14(15)16)17-8-13(9-18)20-10-11(17)2/h4-5,7,11,13,18H,3,6,8-10,16H2,1-2H3. The fraction of sp³-hybridized carbons (Fsp3) is 0.600. The maximum absolute atomic E-state index is 9.26. The van der Waals surface area contributed by atoms with Crippen LogP contribution in [0.4, 0.5) is 11.4 Å². The average Bonchev–Trinajstić information content (AvgIpc) is 2.47. The number of ether oxygens (including phenoxy) is 2. The summed E-state index contributed by atoms with van der Waals surface area (Å²) in [6, 6.07) is 6.10. The van der Waals surface area contributed by atoms with Crippen LogP contribution in [0.3, 0.4) is 0 Å². The van der Waals surface area contributed by atoms with E-state index in [9.17, 15) is 5.11 Å². The van der Waals surface area contributed by atoms with Crippen LogP contribution in [-0.4, -0.2) is 43.6 Å². The lowest BCUT2D eigenvalue weighted by Crippen LogP contribution is -2.49. The molecular formula is C15H24N2O3. The van der Waals surface area contributed by atoms with Gasteiger partial charge in [-0.15, -0.1) is 0 Å². The molecule has 1 saturated heterocycles. The van der Waals surface area contributed by atoms with Gasteiger partial charge in [0, 0.05) is 24.3 Å². The molecule has 2 rings (SSSR count). The number of rotatable bonds is 5. The fourth-order valence-corrected chi connectivity index (χ4v) is 2.33. The topological polar surface area (TPSA) is 68.0 Å². The van der Waals surface area contributed by atoms with Crippen molar-refractivity contribution in [3.8, 4) is 5.75 Å². The summed E-state index contributed by atoms with van der Waals surface area (Å²) in [6.07, 6.45) is 0.813. The molecule has 5 nitrogen and oxygen atoms in total. The van der Waals surface area contributed by atoms with Crippen LogP contribution < -0.4 is 15.4 Å². The quantitative estimate of drug-likeness (QED) is 0.803. The third kappa shape index (κ3) is 3.35. The molecule has 3 N–H and O–H groups in total. The van der Waals surface area contributed by atoms with Crippen molar-refractivity contribution in [1.29, 1.82) is 0 Å². The molecule has 1 heterocycles. The predicted molar refractivity (Wildman–Crippen MR) is 80.3 cm³/mol. The largest absolute Gasteiger partial charge is 0.491 e. The lowest BCUT2D eigenvalue weighted by molar-refractivity contribution is -0.0103. The van der Waals surface area contributed by atoms with Gasteiger partial charge >= 0.3 is 0 Å². The van der Waals surface area contributed by atoms with Gasteiger partial charge in [0.2, 0.25) is 0 Å². The molecule has 0 aliphatic carbocycles. The Balaban J connectivity index is 2.18. The maximum Gasteiger partial charge on any atom is 0.144 e. The molecular weight excluding hydrogens is 256 g/mol. The molecule has 0 radical (unpaired) electrons. The van der Waals surface area contributed by atoms with Crippen LogP contribution in [0.2, 0.25) is 0 Å². The second-order valence-electron chi connectivity index (χ2n) is 5.21. The van der Waals surface area contributed by atoms with Crippen molar-refractivity contribution in [1.82, 2.24) is 0 Å². The molecule has 0 bridgehead atoms. The number of aliphatic hydroxyl groups excluding tert-OH is 1. The van der Waals surface area contributed by atoms with E-state index in [0.29, 0.717) is 25.4 Å². The van der Waals surface area contributed by atoms with Crippen LogP contribution >= 0.6 is 0 Å². The Kier molecular flexibility index (Phi) is 5.09. The Bertz CT molecular complexity index is 439. The Morgan fingerprint density at radius 3 is 3.00 bits per heavy atom. The number of morpholine rings is 1. The van der Waals surface area contributed by atoms with Crippen LogP contribution in [-0.2, 0) is 4.74 Å². The molecule has 112 valence electrons. The summed E-state index contributed by atoms with van der Waals surface area (Å²) >= 11 is 0. The lowest BCUT2D eigenvalue weighted by Gasteiger charge is -2.39. The van der Waals surface area contributed by atoms with Crippen molar-refractivity contribution >= 4 is 11.4 Å². The smallest absolute Gasteiger partial charge is 0.144 e. The number of hydrogen-bond acceptors (Lipinski definition) is 5.